The third-order valence-corrected chi connectivity index (χ3v) is 7.46. The normalized spacial score (nSPS) is 25.9. The fourth-order valence-electron chi connectivity index (χ4n) is 4.08. The Hall–Kier alpha value is -1.35. The van der Waals surface area contributed by atoms with Crippen LogP contribution in [0.1, 0.15) is 26.2 Å². The number of fused-ring (bicyclic) bond motifs is 1. The molecule has 0 N–H and O–H groups in total. The predicted molar refractivity (Wildman–Crippen MR) is 101 cm³/mol. The fourth-order valence-corrected chi connectivity index (χ4v) is 5.56. The van der Waals surface area contributed by atoms with Crippen LogP contribution in [0, 0.1) is 0 Å². The van der Waals surface area contributed by atoms with E-state index in [1.54, 1.807) is 22.5 Å². The Kier molecular flexibility index (Phi) is 5.59. The van der Waals surface area contributed by atoms with E-state index in [1.165, 1.54) is 0 Å². The van der Waals surface area contributed by atoms with Crippen LogP contribution < -0.4 is 9.47 Å². The summed E-state index contributed by atoms with van der Waals surface area (Å²) in [6.45, 7) is 6.95. The summed E-state index contributed by atoms with van der Waals surface area (Å²) in [4.78, 5) is 2.73. The van der Waals surface area contributed by atoms with Gasteiger partial charge in [-0.25, -0.2) is 8.42 Å². The second-order valence-corrected chi connectivity index (χ2v) is 9.41. The summed E-state index contributed by atoms with van der Waals surface area (Å²) < 4.78 is 44.7. The van der Waals surface area contributed by atoms with E-state index in [-0.39, 0.29) is 11.0 Å². The standard InChI is InChI=1S/C19H28N2O5S/c1-15-14-20(9-12-24-15)16-5-7-21(8-6-16)27(22,23)17-3-4-18-19(13-17)26-11-2-10-25-18/h3-4,13,15-16H,2,5-12,14H2,1H3. The van der Waals surface area contributed by atoms with Crippen molar-refractivity contribution in [2.75, 3.05) is 46.0 Å². The Morgan fingerprint density at radius 2 is 1.74 bits per heavy atom. The summed E-state index contributed by atoms with van der Waals surface area (Å²) >= 11 is 0. The highest BCUT2D eigenvalue weighted by Crippen LogP contribution is 2.33. The van der Waals surface area contributed by atoms with Gasteiger partial charge in [-0.2, -0.15) is 4.31 Å². The highest BCUT2D eigenvalue weighted by molar-refractivity contribution is 7.89. The van der Waals surface area contributed by atoms with Gasteiger partial charge in [0.15, 0.2) is 11.5 Å². The molecule has 4 rings (SSSR count). The number of nitrogens with zero attached hydrogens (tertiary/aromatic N) is 2. The van der Waals surface area contributed by atoms with Crippen LogP contribution in [-0.2, 0) is 14.8 Å². The minimum absolute atomic E-state index is 0.252. The minimum atomic E-state index is -3.52. The molecule has 3 aliphatic rings. The van der Waals surface area contributed by atoms with Crippen molar-refractivity contribution in [1.29, 1.82) is 0 Å². The van der Waals surface area contributed by atoms with Gasteiger partial charge in [-0.15, -0.1) is 0 Å². The molecule has 0 radical (unpaired) electrons. The number of morpholine rings is 1. The first-order valence-corrected chi connectivity index (χ1v) is 11.2. The number of hydrogen-bond donors (Lipinski definition) is 0. The van der Waals surface area contributed by atoms with Gasteiger partial charge < -0.3 is 14.2 Å². The fraction of sp³-hybridized carbons (Fsp3) is 0.684. The molecule has 2 fully saturated rings. The molecule has 7 nitrogen and oxygen atoms in total. The molecule has 0 amide bonds. The molecule has 2 saturated heterocycles. The van der Waals surface area contributed by atoms with Crippen molar-refractivity contribution in [3.05, 3.63) is 18.2 Å². The first-order valence-electron chi connectivity index (χ1n) is 9.79. The van der Waals surface area contributed by atoms with E-state index < -0.39 is 10.0 Å². The van der Waals surface area contributed by atoms with E-state index in [0.717, 1.165) is 39.0 Å². The first-order chi connectivity index (χ1) is 13.0. The van der Waals surface area contributed by atoms with Crippen molar-refractivity contribution in [3.63, 3.8) is 0 Å². The van der Waals surface area contributed by atoms with Crippen LogP contribution in [-0.4, -0.2) is 75.8 Å². The zero-order valence-electron chi connectivity index (χ0n) is 15.8. The second-order valence-electron chi connectivity index (χ2n) is 7.47. The molecule has 0 bridgehead atoms. The molecule has 1 aromatic rings. The molecular weight excluding hydrogens is 368 g/mol. The van der Waals surface area contributed by atoms with Crippen LogP contribution in [0.3, 0.4) is 0 Å². The van der Waals surface area contributed by atoms with Gasteiger partial charge in [0.25, 0.3) is 0 Å². The molecule has 1 unspecified atom stereocenters. The Labute approximate surface area is 161 Å². The highest BCUT2D eigenvalue weighted by atomic mass is 32.2. The van der Waals surface area contributed by atoms with Crippen molar-refractivity contribution in [2.45, 2.75) is 43.2 Å². The molecule has 8 heteroatoms. The zero-order chi connectivity index (χ0) is 18.9. The third kappa shape index (κ3) is 4.08. The van der Waals surface area contributed by atoms with Crippen LogP contribution in [0.2, 0.25) is 0 Å². The lowest BCUT2D eigenvalue weighted by molar-refractivity contribution is -0.0406. The van der Waals surface area contributed by atoms with Crippen LogP contribution >= 0.6 is 0 Å². The number of piperidine rings is 1. The molecule has 0 spiro atoms. The lowest BCUT2D eigenvalue weighted by Crippen LogP contribution is -2.51. The molecule has 0 aromatic heterocycles. The molecule has 1 atom stereocenters. The molecule has 1 aromatic carbocycles. The van der Waals surface area contributed by atoms with Crippen molar-refractivity contribution >= 4 is 10.0 Å². The zero-order valence-corrected chi connectivity index (χ0v) is 16.6. The molecule has 0 aliphatic carbocycles. The van der Waals surface area contributed by atoms with Crippen LogP contribution in [0.25, 0.3) is 0 Å². The van der Waals surface area contributed by atoms with E-state index in [1.807, 2.05) is 0 Å². The van der Waals surface area contributed by atoms with Crippen LogP contribution in [0.15, 0.2) is 23.1 Å². The third-order valence-electron chi connectivity index (χ3n) is 5.57. The molecule has 150 valence electrons. The largest absolute Gasteiger partial charge is 0.490 e. The predicted octanol–water partition coefficient (Wildman–Crippen LogP) is 1.72. The van der Waals surface area contributed by atoms with Crippen molar-refractivity contribution < 1.29 is 22.6 Å². The Bertz CT molecular complexity index is 761. The first kappa shape index (κ1) is 19.0. The van der Waals surface area contributed by atoms with E-state index in [4.69, 9.17) is 14.2 Å². The summed E-state index contributed by atoms with van der Waals surface area (Å²) in [5, 5.41) is 0. The van der Waals surface area contributed by atoms with E-state index in [2.05, 4.69) is 11.8 Å². The maximum atomic E-state index is 13.1. The SMILES string of the molecule is CC1CN(C2CCN(S(=O)(=O)c3ccc4c(c3)OCCCO4)CC2)CCO1. The van der Waals surface area contributed by atoms with Gasteiger partial charge in [0.05, 0.1) is 30.8 Å². The van der Waals surface area contributed by atoms with Gasteiger partial charge >= 0.3 is 0 Å². The molecule has 3 heterocycles. The maximum absolute atomic E-state index is 13.1. The topological polar surface area (TPSA) is 68.3 Å². The summed E-state index contributed by atoms with van der Waals surface area (Å²) in [7, 11) is -3.52. The summed E-state index contributed by atoms with van der Waals surface area (Å²) in [6, 6.07) is 5.37. The monoisotopic (exact) mass is 396 g/mol. The average Bonchev–Trinajstić information content (AvgIpc) is 2.93. The summed E-state index contributed by atoms with van der Waals surface area (Å²) in [5.41, 5.74) is 0. The van der Waals surface area contributed by atoms with Gasteiger partial charge in [-0.3, -0.25) is 4.90 Å². The number of benzene rings is 1. The van der Waals surface area contributed by atoms with Crippen molar-refractivity contribution in [1.82, 2.24) is 9.21 Å². The maximum Gasteiger partial charge on any atom is 0.243 e. The lowest BCUT2D eigenvalue weighted by atomic mass is 10.0. The summed E-state index contributed by atoms with van der Waals surface area (Å²) in [5.74, 6) is 1.14. The quantitative estimate of drug-likeness (QED) is 0.775. The van der Waals surface area contributed by atoms with Gasteiger partial charge in [-0.1, -0.05) is 0 Å². The molecule has 0 saturated carbocycles. The van der Waals surface area contributed by atoms with Crippen LogP contribution in [0.5, 0.6) is 11.5 Å². The summed E-state index contributed by atoms with van der Waals surface area (Å²) in [6.07, 6.45) is 2.76. The van der Waals surface area contributed by atoms with E-state index in [9.17, 15) is 8.42 Å². The lowest BCUT2D eigenvalue weighted by Gasteiger charge is -2.41. The number of hydrogen-bond acceptors (Lipinski definition) is 6. The van der Waals surface area contributed by atoms with Gasteiger partial charge in [0, 0.05) is 44.7 Å². The minimum Gasteiger partial charge on any atom is -0.490 e. The molecular formula is C19H28N2O5S. The van der Waals surface area contributed by atoms with Gasteiger partial charge in [0.1, 0.15) is 0 Å². The number of ether oxygens (including phenoxy) is 3. The van der Waals surface area contributed by atoms with Crippen LogP contribution in [0.4, 0.5) is 0 Å². The van der Waals surface area contributed by atoms with Crippen molar-refractivity contribution in [3.8, 4) is 11.5 Å². The Morgan fingerprint density at radius 3 is 2.48 bits per heavy atom. The van der Waals surface area contributed by atoms with E-state index in [0.29, 0.717) is 43.8 Å². The van der Waals surface area contributed by atoms with Gasteiger partial charge in [0.2, 0.25) is 10.0 Å². The second kappa shape index (κ2) is 7.95. The average molecular weight is 397 g/mol. The Balaban J connectivity index is 1.43. The Morgan fingerprint density at radius 1 is 1.00 bits per heavy atom. The smallest absolute Gasteiger partial charge is 0.243 e. The van der Waals surface area contributed by atoms with Gasteiger partial charge in [-0.05, 0) is 31.9 Å². The molecule has 27 heavy (non-hydrogen) atoms. The van der Waals surface area contributed by atoms with E-state index >= 15 is 0 Å². The highest BCUT2D eigenvalue weighted by Gasteiger charge is 2.33. The molecule has 3 aliphatic heterocycles. The number of rotatable bonds is 3. The number of sulfonamides is 1. The van der Waals surface area contributed by atoms with Crippen molar-refractivity contribution in [2.24, 2.45) is 0 Å².